The molecule has 104 valence electrons. The van der Waals surface area contributed by atoms with Gasteiger partial charge in [0.2, 0.25) is 10.0 Å². The Labute approximate surface area is 115 Å². The highest BCUT2D eigenvalue weighted by Gasteiger charge is 2.43. The molecule has 0 aliphatic heterocycles. The summed E-state index contributed by atoms with van der Waals surface area (Å²) in [7, 11) is -3.58. The topological polar surface area (TPSA) is 83.5 Å². The summed E-state index contributed by atoms with van der Waals surface area (Å²) in [5, 5.41) is 8.84. The summed E-state index contributed by atoms with van der Waals surface area (Å²) in [4.78, 5) is 10.8. The van der Waals surface area contributed by atoms with Crippen LogP contribution in [0, 0.1) is 11.8 Å². The zero-order valence-electron chi connectivity index (χ0n) is 10.2. The van der Waals surface area contributed by atoms with Gasteiger partial charge in [-0.05, 0) is 49.7 Å². The molecule has 0 atom stereocenters. The van der Waals surface area contributed by atoms with Crippen molar-refractivity contribution in [2.45, 2.75) is 35.9 Å². The van der Waals surface area contributed by atoms with Crippen LogP contribution in [0.25, 0.3) is 0 Å². The van der Waals surface area contributed by atoms with Crippen LogP contribution in [0.4, 0.5) is 0 Å². The van der Waals surface area contributed by atoms with E-state index in [9.17, 15) is 13.2 Å². The van der Waals surface area contributed by atoms with Crippen molar-refractivity contribution < 1.29 is 18.3 Å². The second-order valence-electron chi connectivity index (χ2n) is 5.25. The van der Waals surface area contributed by atoms with E-state index in [4.69, 9.17) is 5.11 Å². The van der Waals surface area contributed by atoms with Crippen molar-refractivity contribution in [1.29, 1.82) is 0 Å². The average molecular weight is 301 g/mol. The summed E-state index contributed by atoms with van der Waals surface area (Å²) in [5.41, 5.74) is 0. The first-order valence-electron chi connectivity index (χ1n) is 6.33. The summed E-state index contributed by atoms with van der Waals surface area (Å²) < 4.78 is 27.4. The van der Waals surface area contributed by atoms with E-state index < -0.39 is 16.0 Å². The number of carbonyl (C=O) groups is 1. The molecule has 1 heterocycles. The number of rotatable bonds is 6. The molecular weight excluding hydrogens is 286 g/mol. The predicted molar refractivity (Wildman–Crippen MR) is 70.8 cm³/mol. The standard InChI is InChI=1S/C12H15NO4S2/c14-12(15)9-5-6-10(18-9)19(16,17)13-11(7-1-2-7)8-3-4-8/h5-8,11,13H,1-4H2,(H,14,15). The lowest BCUT2D eigenvalue weighted by Gasteiger charge is -2.16. The Bertz CT molecular complexity index is 587. The second kappa shape index (κ2) is 4.57. The van der Waals surface area contributed by atoms with Crippen LogP contribution in [0.5, 0.6) is 0 Å². The van der Waals surface area contributed by atoms with Crippen LogP contribution in [0.2, 0.25) is 0 Å². The lowest BCUT2D eigenvalue weighted by molar-refractivity contribution is 0.0702. The van der Waals surface area contributed by atoms with E-state index in [0.29, 0.717) is 11.8 Å². The van der Waals surface area contributed by atoms with Crippen LogP contribution in [0.1, 0.15) is 35.4 Å². The minimum atomic E-state index is -3.58. The van der Waals surface area contributed by atoms with Gasteiger partial charge < -0.3 is 5.11 Å². The summed E-state index contributed by atoms with van der Waals surface area (Å²) in [6.45, 7) is 0. The third-order valence-electron chi connectivity index (χ3n) is 3.61. The zero-order valence-corrected chi connectivity index (χ0v) is 11.8. The molecule has 2 aliphatic carbocycles. The average Bonchev–Trinajstić information content (AvgIpc) is 3.24. The molecule has 0 saturated heterocycles. The van der Waals surface area contributed by atoms with E-state index in [0.717, 1.165) is 37.0 Å². The van der Waals surface area contributed by atoms with Crippen molar-refractivity contribution in [1.82, 2.24) is 4.72 Å². The highest BCUT2D eigenvalue weighted by Crippen LogP contribution is 2.45. The molecule has 2 N–H and O–H groups in total. The molecule has 0 bridgehead atoms. The number of nitrogens with one attached hydrogen (secondary N) is 1. The summed E-state index contributed by atoms with van der Waals surface area (Å²) in [6, 6.07) is 2.75. The van der Waals surface area contributed by atoms with Gasteiger partial charge in [0, 0.05) is 6.04 Å². The van der Waals surface area contributed by atoms with Crippen LogP contribution in [0.3, 0.4) is 0 Å². The van der Waals surface area contributed by atoms with E-state index in [-0.39, 0.29) is 15.1 Å². The summed E-state index contributed by atoms with van der Waals surface area (Å²) in [5.74, 6) is -0.144. The number of carboxylic acid groups (broad SMARTS) is 1. The molecule has 0 spiro atoms. The number of sulfonamides is 1. The summed E-state index contributed by atoms with van der Waals surface area (Å²) >= 11 is 0.804. The van der Waals surface area contributed by atoms with E-state index in [1.165, 1.54) is 12.1 Å². The molecule has 0 radical (unpaired) electrons. The minimum Gasteiger partial charge on any atom is -0.477 e. The number of thiophene rings is 1. The van der Waals surface area contributed by atoms with Crippen molar-refractivity contribution in [3.63, 3.8) is 0 Å². The highest BCUT2D eigenvalue weighted by atomic mass is 32.2. The predicted octanol–water partition coefficient (Wildman–Crippen LogP) is 1.91. The van der Waals surface area contributed by atoms with E-state index in [2.05, 4.69) is 4.72 Å². The molecule has 0 unspecified atom stereocenters. The third-order valence-corrected chi connectivity index (χ3v) is 6.63. The van der Waals surface area contributed by atoms with Gasteiger partial charge >= 0.3 is 5.97 Å². The molecule has 5 nitrogen and oxygen atoms in total. The molecule has 0 aromatic carbocycles. The molecule has 7 heteroatoms. The van der Waals surface area contributed by atoms with Crippen LogP contribution < -0.4 is 4.72 Å². The Morgan fingerprint density at radius 1 is 1.26 bits per heavy atom. The Morgan fingerprint density at radius 3 is 2.26 bits per heavy atom. The second-order valence-corrected chi connectivity index (χ2v) is 8.27. The van der Waals surface area contributed by atoms with Gasteiger partial charge in [-0.3, -0.25) is 0 Å². The lowest BCUT2D eigenvalue weighted by Crippen LogP contribution is -2.37. The van der Waals surface area contributed by atoms with E-state index >= 15 is 0 Å². The molecule has 1 aromatic rings. The number of aromatic carboxylic acids is 1. The van der Waals surface area contributed by atoms with Crippen LogP contribution >= 0.6 is 11.3 Å². The van der Waals surface area contributed by atoms with Crippen molar-refractivity contribution in [2.24, 2.45) is 11.8 Å². The number of hydrogen-bond donors (Lipinski definition) is 2. The van der Waals surface area contributed by atoms with Gasteiger partial charge in [-0.2, -0.15) is 0 Å². The molecule has 2 saturated carbocycles. The molecule has 2 fully saturated rings. The maximum Gasteiger partial charge on any atom is 0.345 e. The molecule has 1 aromatic heterocycles. The first kappa shape index (κ1) is 13.1. The normalized spacial score (nSPS) is 19.8. The van der Waals surface area contributed by atoms with Crippen LogP contribution in [0.15, 0.2) is 16.3 Å². The van der Waals surface area contributed by atoms with E-state index in [1.54, 1.807) is 0 Å². The Morgan fingerprint density at radius 2 is 1.84 bits per heavy atom. The smallest absolute Gasteiger partial charge is 0.345 e. The summed E-state index contributed by atoms with van der Waals surface area (Å²) in [6.07, 6.45) is 4.37. The van der Waals surface area contributed by atoms with Gasteiger partial charge in [0.25, 0.3) is 0 Å². The van der Waals surface area contributed by atoms with Gasteiger partial charge in [-0.1, -0.05) is 0 Å². The largest absolute Gasteiger partial charge is 0.477 e. The SMILES string of the molecule is O=C(O)c1ccc(S(=O)(=O)NC(C2CC2)C2CC2)s1. The fourth-order valence-electron chi connectivity index (χ4n) is 2.30. The van der Waals surface area contributed by atoms with Crippen molar-refractivity contribution >= 4 is 27.3 Å². The molecule has 19 heavy (non-hydrogen) atoms. The zero-order chi connectivity index (χ0) is 13.6. The van der Waals surface area contributed by atoms with Gasteiger partial charge in [0.05, 0.1) is 0 Å². The first-order chi connectivity index (χ1) is 8.97. The van der Waals surface area contributed by atoms with Crippen LogP contribution in [-0.2, 0) is 10.0 Å². The molecule has 0 amide bonds. The van der Waals surface area contributed by atoms with E-state index in [1.807, 2.05) is 0 Å². The van der Waals surface area contributed by atoms with Crippen molar-refractivity contribution in [2.75, 3.05) is 0 Å². The van der Waals surface area contributed by atoms with Gasteiger partial charge in [-0.15, -0.1) is 11.3 Å². The maximum atomic E-state index is 12.2. The highest BCUT2D eigenvalue weighted by molar-refractivity contribution is 7.91. The van der Waals surface area contributed by atoms with Crippen molar-refractivity contribution in [3.05, 3.63) is 17.0 Å². The fraction of sp³-hybridized carbons (Fsp3) is 0.583. The third kappa shape index (κ3) is 2.82. The first-order valence-corrected chi connectivity index (χ1v) is 8.63. The monoisotopic (exact) mass is 301 g/mol. The van der Waals surface area contributed by atoms with Gasteiger partial charge in [0.1, 0.15) is 9.09 Å². The molecule has 2 aliphatic rings. The van der Waals surface area contributed by atoms with Crippen LogP contribution in [-0.4, -0.2) is 25.5 Å². The minimum absolute atomic E-state index is 0.0420. The number of hydrogen-bond acceptors (Lipinski definition) is 4. The Kier molecular flexibility index (Phi) is 3.15. The Hall–Kier alpha value is -0.920. The molecule has 3 rings (SSSR count). The quantitative estimate of drug-likeness (QED) is 0.840. The van der Waals surface area contributed by atoms with Gasteiger partial charge in [0.15, 0.2) is 0 Å². The molecular formula is C12H15NO4S2. The Balaban J connectivity index is 1.78. The van der Waals surface area contributed by atoms with Crippen molar-refractivity contribution in [3.8, 4) is 0 Å². The van der Waals surface area contributed by atoms with Gasteiger partial charge in [-0.25, -0.2) is 17.9 Å². The maximum absolute atomic E-state index is 12.2. The number of carboxylic acids is 1. The fourth-order valence-corrected chi connectivity index (χ4v) is 4.84. The lowest BCUT2D eigenvalue weighted by atomic mass is 10.1.